The van der Waals surface area contributed by atoms with Crippen molar-refractivity contribution in [2.24, 2.45) is 0 Å². The summed E-state index contributed by atoms with van der Waals surface area (Å²) in [7, 11) is 0. The second-order valence-electron chi connectivity index (χ2n) is 5.83. The maximum Gasteiger partial charge on any atom is 0.230 e. The molecule has 3 heterocycles. The third-order valence-corrected chi connectivity index (χ3v) is 4.13. The minimum atomic E-state index is 0.447. The highest BCUT2D eigenvalue weighted by atomic mass is 16.5. The Morgan fingerprint density at radius 3 is 2.68 bits per heavy atom. The Labute approximate surface area is 128 Å². The quantitative estimate of drug-likeness (QED) is 0.742. The molecule has 0 radical (unpaired) electrons. The van der Waals surface area contributed by atoms with Crippen LogP contribution in [-0.2, 0) is 0 Å². The van der Waals surface area contributed by atoms with Gasteiger partial charge in [0.25, 0.3) is 0 Å². The number of rotatable bonds is 3. The van der Waals surface area contributed by atoms with Crippen molar-refractivity contribution in [2.75, 3.05) is 0 Å². The van der Waals surface area contributed by atoms with Gasteiger partial charge >= 0.3 is 0 Å². The average Bonchev–Trinajstić information content (AvgIpc) is 3.04. The van der Waals surface area contributed by atoms with Gasteiger partial charge in [0.05, 0.1) is 5.69 Å². The summed E-state index contributed by atoms with van der Waals surface area (Å²) in [5.41, 5.74) is 2.90. The summed E-state index contributed by atoms with van der Waals surface area (Å²) in [6.45, 7) is 3.98. The van der Waals surface area contributed by atoms with Crippen LogP contribution in [0.25, 0.3) is 17.2 Å². The first-order valence-corrected chi connectivity index (χ1v) is 7.54. The maximum absolute atomic E-state index is 5.35. The summed E-state index contributed by atoms with van der Waals surface area (Å²) in [6.07, 6.45) is 5.32. The molecule has 0 aromatic carbocycles. The Bertz CT molecular complexity index is 798. The van der Waals surface area contributed by atoms with Gasteiger partial charge in [-0.3, -0.25) is 0 Å². The number of aryl methyl sites for hydroxylation is 2. The molecule has 1 fully saturated rings. The standard InChI is InChI=1S/C16H17N5O/c1-10-8-11(2)21(19-10)14-7-6-13(9-17-14)15-18-16(22-20-15)12-4-3-5-12/h6-9,12H,3-5H2,1-2H3. The summed E-state index contributed by atoms with van der Waals surface area (Å²) in [6, 6.07) is 5.90. The fourth-order valence-corrected chi connectivity index (χ4v) is 2.68. The lowest BCUT2D eigenvalue weighted by molar-refractivity contribution is 0.292. The summed E-state index contributed by atoms with van der Waals surface area (Å²) < 4.78 is 7.18. The molecule has 3 aromatic rings. The third-order valence-electron chi connectivity index (χ3n) is 4.13. The smallest absolute Gasteiger partial charge is 0.230 e. The summed E-state index contributed by atoms with van der Waals surface area (Å²) in [4.78, 5) is 8.95. The monoisotopic (exact) mass is 295 g/mol. The van der Waals surface area contributed by atoms with E-state index in [1.54, 1.807) is 6.20 Å². The van der Waals surface area contributed by atoms with Crippen molar-refractivity contribution < 1.29 is 4.52 Å². The van der Waals surface area contributed by atoms with Crippen molar-refractivity contribution in [3.8, 4) is 17.2 Å². The van der Waals surface area contributed by atoms with Crippen LogP contribution >= 0.6 is 0 Å². The number of aromatic nitrogens is 5. The molecule has 6 heteroatoms. The average molecular weight is 295 g/mol. The van der Waals surface area contributed by atoms with Crippen LogP contribution in [0, 0.1) is 13.8 Å². The van der Waals surface area contributed by atoms with Gasteiger partial charge in [-0.05, 0) is 44.9 Å². The molecule has 3 aromatic heterocycles. The molecule has 0 amide bonds. The fraction of sp³-hybridized carbons (Fsp3) is 0.375. The second-order valence-corrected chi connectivity index (χ2v) is 5.83. The van der Waals surface area contributed by atoms with Crippen LogP contribution in [0.1, 0.15) is 42.5 Å². The minimum absolute atomic E-state index is 0.447. The Morgan fingerprint density at radius 1 is 1.23 bits per heavy atom. The molecule has 1 saturated carbocycles. The topological polar surface area (TPSA) is 69.6 Å². The van der Waals surface area contributed by atoms with E-state index in [0.717, 1.165) is 41.5 Å². The Morgan fingerprint density at radius 2 is 2.09 bits per heavy atom. The van der Waals surface area contributed by atoms with Gasteiger partial charge in [-0.2, -0.15) is 10.1 Å². The molecule has 0 atom stereocenters. The number of hydrogen-bond acceptors (Lipinski definition) is 5. The van der Waals surface area contributed by atoms with Gasteiger partial charge in [-0.25, -0.2) is 9.67 Å². The first kappa shape index (κ1) is 13.2. The lowest BCUT2D eigenvalue weighted by atomic mass is 9.85. The molecule has 0 aliphatic heterocycles. The molecule has 0 spiro atoms. The van der Waals surface area contributed by atoms with E-state index in [4.69, 9.17) is 4.52 Å². The molecule has 4 rings (SSSR count). The molecular formula is C16H17N5O. The van der Waals surface area contributed by atoms with Gasteiger partial charge in [-0.15, -0.1) is 0 Å². The van der Waals surface area contributed by atoms with Gasteiger partial charge in [0.15, 0.2) is 5.82 Å². The molecule has 0 saturated heterocycles. The molecule has 0 unspecified atom stereocenters. The van der Waals surface area contributed by atoms with E-state index in [-0.39, 0.29) is 0 Å². The zero-order valence-electron chi connectivity index (χ0n) is 12.7. The van der Waals surface area contributed by atoms with Gasteiger partial charge in [0.2, 0.25) is 11.7 Å². The van der Waals surface area contributed by atoms with Crippen LogP contribution in [0.4, 0.5) is 0 Å². The van der Waals surface area contributed by atoms with E-state index < -0.39 is 0 Å². The van der Waals surface area contributed by atoms with Gasteiger partial charge < -0.3 is 4.52 Å². The second kappa shape index (κ2) is 5.05. The normalized spacial score (nSPS) is 15.0. The van der Waals surface area contributed by atoms with E-state index in [1.807, 2.05) is 36.7 Å². The molecule has 112 valence electrons. The number of nitrogens with zero attached hydrogens (tertiary/aromatic N) is 5. The molecule has 0 N–H and O–H groups in total. The van der Waals surface area contributed by atoms with Crippen molar-refractivity contribution >= 4 is 0 Å². The molecule has 1 aliphatic rings. The molecule has 22 heavy (non-hydrogen) atoms. The van der Waals surface area contributed by atoms with E-state index in [0.29, 0.717) is 11.7 Å². The molecule has 6 nitrogen and oxygen atoms in total. The van der Waals surface area contributed by atoms with Gasteiger partial charge in [-0.1, -0.05) is 11.6 Å². The first-order chi connectivity index (χ1) is 10.7. The van der Waals surface area contributed by atoms with E-state index in [9.17, 15) is 0 Å². The Kier molecular flexibility index (Phi) is 3.03. The predicted molar refractivity (Wildman–Crippen MR) is 80.7 cm³/mol. The van der Waals surface area contributed by atoms with Crippen LogP contribution in [-0.4, -0.2) is 24.9 Å². The first-order valence-electron chi connectivity index (χ1n) is 7.54. The van der Waals surface area contributed by atoms with Crippen molar-refractivity contribution in [3.63, 3.8) is 0 Å². The number of pyridine rings is 1. The molecular weight excluding hydrogens is 278 g/mol. The highest BCUT2D eigenvalue weighted by molar-refractivity contribution is 5.53. The van der Waals surface area contributed by atoms with E-state index in [2.05, 4.69) is 20.2 Å². The van der Waals surface area contributed by atoms with Crippen LogP contribution in [0.3, 0.4) is 0 Å². The van der Waals surface area contributed by atoms with Crippen LogP contribution in [0.5, 0.6) is 0 Å². The molecule has 0 bridgehead atoms. The van der Waals surface area contributed by atoms with Crippen molar-refractivity contribution in [3.05, 3.63) is 41.7 Å². The lowest BCUT2D eigenvalue weighted by Gasteiger charge is -2.20. The highest BCUT2D eigenvalue weighted by Crippen LogP contribution is 2.35. The third kappa shape index (κ3) is 2.20. The fourth-order valence-electron chi connectivity index (χ4n) is 2.68. The number of hydrogen-bond donors (Lipinski definition) is 0. The van der Waals surface area contributed by atoms with Crippen LogP contribution in [0.2, 0.25) is 0 Å². The van der Waals surface area contributed by atoms with Crippen LogP contribution in [0.15, 0.2) is 28.9 Å². The van der Waals surface area contributed by atoms with Crippen molar-refractivity contribution in [2.45, 2.75) is 39.0 Å². The summed E-state index contributed by atoms with van der Waals surface area (Å²) in [5, 5.41) is 8.50. The van der Waals surface area contributed by atoms with Crippen molar-refractivity contribution in [1.82, 2.24) is 24.9 Å². The van der Waals surface area contributed by atoms with Crippen molar-refractivity contribution in [1.29, 1.82) is 0 Å². The van der Waals surface area contributed by atoms with E-state index >= 15 is 0 Å². The highest BCUT2D eigenvalue weighted by Gasteiger charge is 2.25. The summed E-state index contributed by atoms with van der Waals surface area (Å²) in [5.74, 6) is 2.60. The largest absolute Gasteiger partial charge is 0.339 e. The molecule has 1 aliphatic carbocycles. The van der Waals surface area contributed by atoms with Gasteiger partial charge in [0.1, 0.15) is 0 Å². The van der Waals surface area contributed by atoms with E-state index in [1.165, 1.54) is 6.42 Å². The minimum Gasteiger partial charge on any atom is -0.339 e. The van der Waals surface area contributed by atoms with Crippen LogP contribution < -0.4 is 0 Å². The lowest BCUT2D eigenvalue weighted by Crippen LogP contribution is -2.08. The SMILES string of the molecule is Cc1cc(C)n(-c2ccc(-c3noc(C4CCC4)n3)cn2)n1. The van der Waals surface area contributed by atoms with Gasteiger partial charge in [0, 0.05) is 23.4 Å². The Balaban J connectivity index is 1.61. The summed E-state index contributed by atoms with van der Waals surface area (Å²) >= 11 is 0. The Hall–Kier alpha value is -2.50. The zero-order chi connectivity index (χ0) is 15.1. The maximum atomic E-state index is 5.35. The predicted octanol–water partition coefficient (Wildman–Crippen LogP) is 3.20. The zero-order valence-corrected chi connectivity index (χ0v) is 12.7.